The summed E-state index contributed by atoms with van der Waals surface area (Å²) in [7, 11) is 6.00. The van der Waals surface area contributed by atoms with Crippen molar-refractivity contribution in [2.45, 2.75) is 38.1 Å². The predicted molar refractivity (Wildman–Crippen MR) is 123 cm³/mol. The molecule has 0 radical (unpaired) electrons. The van der Waals surface area contributed by atoms with Gasteiger partial charge in [0.05, 0.1) is 12.2 Å². The molecule has 0 saturated heterocycles. The van der Waals surface area contributed by atoms with Crippen LogP contribution >= 0.6 is 0 Å². The van der Waals surface area contributed by atoms with Gasteiger partial charge in [0.15, 0.2) is 0 Å². The smallest absolute Gasteiger partial charge is 0.225 e. The highest BCUT2D eigenvalue weighted by Gasteiger charge is 2.30. The van der Waals surface area contributed by atoms with E-state index in [4.69, 9.17) is 4.74 Å². The van der Waals surface area contributed by atoms with Crippen LogP contribution in [0.4, 0.5) is 0 Å². The molecule has 1 aliphatic rings. The van der Waals surface area contributed by atoms with Crippen LogP contribution in [-0.2, 0) is 11.3 Å². The van der Waals surface area contributed by atoms with Crippen LogP contribution in [0.25, 0.3) is 0 Å². The quantitative estimate of drug-likeness (QED) is 0.577. The van der Waals surface area contributed by atoms with Crippen molar-refractivity contribution >= 4 is 5.91 Å². The van der Waals surface area contributed by atoms with Gasteiger partial charge in [-0.15, -0.1) is 0 Å². The minimum Gasteiger partial charge on any atom is -0.492 e. The minimum absolute atomic E-state index is 0.110. The molecule has 1 amide bonds. The fraction of sp³-hybridized carbons (Fsp3) is 0.583. The Balaban J connectivity index is 1.44. The first-order chi connectivity index (χ1) is 15.1. The number of benzene rings is 1. The lowest BCUT2D eigenvalue weighted by Crippen LogP contribution is -2.37. The van der Waals surface area contributed by atoms with Crippen LogP contribution in [0.2, 0.25) is 0 Å². The second-order valence-corrected chi connectivity index (χ2v) is 8.61. The molecule has 31 heavy (non-hydrogen) atoms. The molecule has 0 atom stereocenters. The number of aromatic nitrogens is 2. The number of nitrogens with zero attached hydrogens (tertiary/aromatic N) is 3. The zero-order valence-corrected chi connectivity index (χ0v) is 19.1. The molecule has 7 nitrogen and oxygen atoms in total. The largest absolute Gasteiger partial charge is 0.492 e. The minimum atomic E-state index is 0.110. The van der Waals surface area contributed by atoms with E-state index in [9.17, 15) is 4.79 Å². The molecule has 7 heteroatoms. The Morgan fingerprint density at radius 3 is 2.61 bits per heavy atom. The van der Waals surface area contributed by atoms with Gasteiger partial charge in [0.1, 0.15) is 12.4 Å². The summed E-state index contributed by atoms with van der Waals surface area (Å²) in [4.78, 5) is 17.0. The van der Waals surface area contributed by atoms with Gasteiger partial charge < -0.3 is 19.9 Å². The molecule has 2 N–H and O–H groups in total. The van der Waals surface area contributed by atoms with Gasteiger partial charge in [-0.1, -0.05) is 18.2 Å². The number of aromatic amines is 1. The summed E-state index contributed by atoms with van der Waals surface area (Å²) in [5.41, 5.74) is 2.47. The fourth-order valence-corrected chi connectivity index (χ4v) is 4.33. The Bertz CT molecular complexity index is 786. The van der Waals surface area contributed by atoms with E-state index in [0.717, 1.165) is 51.1 Å². The van der Waals surface area contributed by atoms with Gasteiger partial charge in [0.25, 0.3) is 0 Å². The summed E-state index contributed by atoms with van der Waals surface area (Å²) in [6, 6.07) is 9.74. The zero-order chi connectivity index (χ0) is 22.1. The number of nitrogens with one attached hydrogen (secondary N) is 2. The maximum atomic E-state index is 12.9. The van der Waals surface area contributed by atoms with Gasteiger partial charge in [-0.05, 0) is 51.9 Å². The number of ether oxygens (including phenoxy) is 1. The Kier molecular flexibility index (Phi) is 8.91. The van der Waals surface area contributed by atoms with Crippen LogP contribution < -0.4 is 10.1 Å². The number of amides is 1. The highest BCUT2D eigenvalue weighted by Crippen LogP contribution is 2.37. The molecule has 1 saturated carbocycles. The van der Waals surface area contributed by atoms with Crippen LogP contribution in [0.3, 0.4) is 0 Å². The van der Waals surface area contributed by atoms with E-state index < -0.39 is 0 Å². The van der Waals surface area contributed by atoms with Gasteiger partial charge in [-0.2, -0.15) is 5.10 Å². The van der Waals surface area contributed by atoms with E-state index in [1.165, 1.54) is 11.3 Å². The lowest BCUT2D eigenvalue weighted by Gasteiger charge is -2.30. The molecule has 0 bridgehead atoms. The van der Waals surface area contributed by atoms with Crippen LogP contribution in [0.5, 0.6) is 5.75 Å². The molecule has 1 aliphatic carbocycles. The van der Waals surface area contributed by atoms with Crippen molar-refractivity contribution in [3.8, 4) is 5.75 Å². The third kappa shape index (κ3) is 6.80. The summed E-state index contributed by atoms with van der Waals surface area (Å²) in [5, 5.41) is 10.8. The SMILES string of the molecule is CNCCN(C)Cc1c[nH]nc1[C@H]1CC[C@H](C(=O)N(C)CCOc2ccccc2)CC1. The van der Waals surface area contributed by atoms with E-state index in [1.54, 1.807) is 0 Å². The standard InChI is InChI=1S/C24H37N5O2/c1-25-13-14-28(2)18-21-17-26-27-23(21)19-9-11-20(12-10-19)24(30)29(3)15-16-31-22-7-5-4-6-8-22/h4-8,17,19-20,25H,9-16,18H2,1-3H3,(H,26,27)/t19-,20-. The third-order valence-electron chi connectivity index (χ3n) is 6.21. The van der Waals surface area contributed by atoms with Crippen molar-refractivity contribution in [2.75, 3.05) is 47.4 Å². The lowest BCUT2D eigenvalue weighted by molar-refractivity contribution is -0.135. The molecule has 2 aromatic rings. The van der Waals surface area contributed by atoms with Crippen molar-refractivity contribution < 1.29 is 9.53 Å². The molecular formula is C24H37N5O2. The maximum Gasteiger partial charge on any atom is 0.225 e. The second-order valence-electron chi connectivity index (χ2n) is 8.61. The number of hydrogen-bond acceptors (Lipinski definition) is 5. The molecule has 0 aliphatic heterocycles. The lowest BCUT2D eigenvalue weighted by atomic mass is 9.79. The third-order valence-corrected chi connectivity index (χ3v) is 6.21. The molecule has 1 aromatic carbocycles. The molecule has 0 unspecified atom stereocenters. The summed E-state index contributed by atoms with van der Waals surface area (Å²) in [6.07, 6.45) is 5.92. The molecule has 170 valence electrons. The predicted octanol–water partition coefficient (Wildman–Crippen LogP) is 2.87. The van der Waals surface area contributed by atoms with Gasteiger partial charge >= 0.3 is 0 Å². The molecular weight excluding hydrogens is 390 g/mol. The average molecular weight is 428 g/mol. The van der Waals surface area contributed by atoms with Crippen molar-refractivity contribution in [2.24, 2.45) is 5.92 Å². The molecule has 1 fully saturated rings. The summed E-state index contributed by atoms with van der Waals surface area (Å²) in [6.45, 7) is 4.00. The van der Waals surface area contributed by atoms with Crippen LogP contribution in [-0.4, -0.2) is 73.3 Å². The number of carbonyl (C=O) groups is 1. The van der Waals surface area contributed by atoms with E-state index in [-0.39, 0.29) is 11.8 Å². The van der Waals surface area contributed by atoms with Gasteiger partial charge in [0.2, 0.25) is 5.91 Å². The summed E-state index contributed by atoms with van der Waals surface area (Å²) < 4.78 is 5.74. The maximum absolute atomic E-state index is 12.9. The summed E-state index contributed by atoms with van der Waals surface area (Å²) >= 11 is 0. The Morgan fingerprint density at radius 2 is 1.90 bits per heavy atom. The monoisotopic (exact) mass is 427 g/mol. The number of likely N-dealkylation sites (N-methyl/N-ethyl adjacent to an activating group) is 3. The number of H-pyrrole nitrogens is 1. The summed E-state index contributed by atoms with van der Waals surface area (Å²) in [5.74, 6) is 1.63. The molecule has 3 rings (SSSR count). The van der Waals surface area contributed by atoms with Crippen molar-refractivity contribution in [3.05, 3.63) is 47.8 Å². The van der Waals surface area contributed by atoms with Crippen molar-refractivity contribution in [1.29, 1.82) is 0 Å². The van der Waals surface area contributed by atoms with Gasteiger partial charge in [-0.25, -0.2) is 0 Å². The average Bonchev–Trinajstić information content (AvgIpc) is 3.26. The molecule has 1 heterocycles. The van der Waals surface area contributed by atoms with E-state index in [0.29, 0.717) is 19.1 Å². The number of rotatable bonds is 11. The van der Waals surface area contributed by atoms with Crippen LogP contribution in [0, 0.1) is 5.92 Å². The molecule has 1 aromatic heterocycles. The first-order valence-corrected chi connectivity index (χ1v) is 11.4. The van der Waals surface area contributed by atoms with Crippen LogP contribution in [0.1, 0.15) is 42.9 Å². The van der Waals surface area contributed by atoms with Gasteiger partial charge in [-0.3, -0.25) is 9.89 Å². The van der Waals surface area contributed by atoms with E-state index in [2.05, 4.69) is 27.5 Å². The highest BCUT2D eigenvalue weighted by atomic mass is 16.5. The Hall–Kier alpha value is -2.38. The number of carbonyl (C=O) groups excluding carboxylic acids is 1. The number of para-hydroxylation sites is 1. The normalized spacial score (nSPS) is 18.8. The van der Waals surface area contributed by atoms with Crippen molar-refractivity contribution in [3.63, 3.8) is 0 Å². The van der Waals surface area contributed by atoms with Crippen LogP contribution in [0.15, 0.2) is 36.5 Å². The first kappa shape index (κ1) is 23.3. The fourth-order valence-electron chi connectivity index (χ4n) is 4.33. The van der Waals surface area contributed by atoms with Crippen molar-refractivity contribution in [1.82, 2.24) is 25.3 Å². The topological polar surface area (TPSA) is 73.5 Å². The van der Waals surface area contributed by atoms with Gasteiger partial charge in [0, 0.05) is 50.3 Å². The Morgan fingerprint density at radius 1 is 1.16 bits per heavy atom. The molecule has 0 spiro atoms. The second kappa shape index (κ2) is 11.9. The first-order valence-electron chi connectivity index (χ1n) is 11.4. The highest BCUT2D eigenvalue weighted by molar-refractivity contribution is 5.78. The zero-order valence-electron chi connectivity index (χ0n) is 19.1. The van der Waals surface area contributed by atoms with E-state index in [1.807, 2.05) is 55.5 Å². The number of hydrogen-bond donors (Lipinski definition) is 2. The Labute approximate surface area is 186 Å². The van der Waals surface area contributed by atoms with E-state index >= 15 is 0 Å².